The van der Waals surface area contributed by atoms with Crippen LogP contribution in [0.4, 0.5) is 0 Å². The first kappa shape index (κ1) is 24.4. The molecule has 184 valence electrons. The lowest BCUT2D eigenvalue weighted by atomic mass is 10.2. The molecule has 1 aliphatic heterocycles. The van der Waals surface area contributed by atoms with Crippen molar-refractivity contribution in [3.05, 3.63) is 42.5 Å². The van der Waals surface area contributed by atoms with Crippen molar-refractivity contribution in [3.63, 3.8) is 0 Å². The normalized spacial score (nSPS) is 15.1. The van der Waals surface area contributed by atoms with E-state index >= 15 is 0 Å². The SMILES string of the molecule is CCCCn1c(CCC(=O)OCCn2cccn2)nc2cc(S(=O)(=O)N3CCOCC3)ccc21. The molecule has 1 fully saturated rings. The highest BCUT2D eigenvalue weighted by Gasteiger charge is 2.27. The molecule has 0 spiro atoms. The molecule has 3 heterocycles. The first-order valence-electron chi connectivity index (χ1n) is 11.7. The van der Waals surface area contributed by atoms with Crippen LogP contribution in [0.5, 0.6) is 0 Å². The fourth-order valence-electron chi connectivity index (χ4n) is 3.98. The molecule has 0 saturated carbocycles. The number of morpholine rings is 1. The van der Waals surface area contributed by atoms with Crippen molar-refractivity contribution in [1.82, 2.24) is 23.6 Å². The monoisotopic (exact) mass is 489 g/mol. The van der Waals surface area contributed by atoms with Crippen LogP contribution >= 0.6 is 0 Å². The lowest BCUT2D eigenvalue weighted by molar-refractivity contribution is -0.143. The molecular formula is C23H31N5O5S. The zero-order valence-electron chi connectivity index (χ0n) is 19.4. The van der Waals surface area contributed by atoms with E-state index in [1.807, 2.05) is 18.3 Å². The Balaban J connectivity index is 1.48. The molecule has 34 heavy (non-hydrogen) atoms. The number of hydrogen-bond donors (Lipinski definition) is 0. The molecule has 1 saturated heterocycles. The van der Waals surface area contributed by atoms with Gasteiger partial charge in [-0.15, -0.1) is 0 Å². The van der Waals surface area contributed by atoms with Gasteiger partial charge in [-0.1, -0.05) is 13.3 Å². The average molecular weight is 490 g/mol. The van der Waals surface area contributed by atoms with Crippen LogP contribution in [0, 0.1) is 0 Å². The van der Waals surface area contributed by atoms with Crippen LogP contribution in [-0.2, 0) is 43.8 Å². The number of aryl methyl sites for hydroxylation is 2. The molecule has 0 unspecified atom stereocenters. The number of aromatic nitrogens is 4. The van der Waals surface area contributed by atoms with E-state index in [2.05, 4.69) is 16.6 Å². The largest absolute Gasteiger partial charge is 0.464 e. The molecule has 0 N–H and O–H groups in total. The van der Waals surface area contributed by atoms with E-state index in [1.54, 1.807) is 23.0 Å². The van der Waals surface area contributed by atoms with Gasteiger partial charge in [0.15, 0.2) is 0 Å². The number of unbranched alkanes of at least 4 members (excludes halogenated alkanes) is 1. The van der Waals surface area contributed by atoms with E-state index in [9.17, 15) is 13.2 Å². The smallest absolute Gasteiger partial charge is 0.306 e. The number of benzene rings is 1. The van der Waals surface area contributed by atoms with Crippen molar-refractivity contribution < 1.29 is 22.7 Å². The van der Waals surface area contributed by atoms with E-state index in [1.165, 1.54) is 4.31 Å². The van der Waals surface area contributed by atoms with Gasteiger partial charge in [0.25, 0.3) is 0 Å². The zero-order chi connectivity index (χ0) is 24.0. The van der Waals surface area contributed by atoms with Gasteiger partial charge in [-0.2, -0.15) is 9.40 Å². The van der Waals surface area contributed by atoms with Crippen LogP contribution in [0.2, 0.25) is 0 Å². The molecule has 2 aromatic heterocycles. The highest BCUT2D eigenvalue weighted by Crippen LogP contribution is 2.24. The standard InChI is InChI=1S/C23H31N5O5S/c1-2-3-11-28-21-6-5-19(34(30,31)27-13-15-32-16-14-27)18-20(21)25-22(28)7-8-23(29)33-17-12-26-10-4-9-24-26/h4-6,9-10,18H,2-3,7-8,11-17H2,1H3. The predicted molar refractivity (Wildman–Crippen MR) is 126 cm³/mol. The fourth-order valence-corrected chi connectivity index (χ4v) is 5.41. The van der Waals surface area contributed by atoms with E-state index in [-0.39, 0.29) is 23.9 Å². The number of nitrogens with zero attached hydrogens (tertiary/aromatic N) is 5. The van der Waals surface area contributed by atoms with Gasteiger partial charge in [0.1, 0.15) is 12.4 Å². The molecule has 0 atom stereocenters. The third-order valence-electron chi connectivity index (χ3n) is 5.84. The summed E-state index contributed by atoms with van der Waals surface area (Å²) < 4.78 is 42.0. The maximum Gasteiger partial charge on any atom is 0.306 e. The molecular weight excluding hydrogens is 458 g/mol. The summed E-state index contributed by atoms with van der Waals surface area (Å²) in [6.45, 7) is 5.13. The summed E-state index contributed by atoms with van der Waals surface area (Å²) in [6.07, 6.45) is 6.09. The second-order valence-corrected chi connectivity index (χ2v) is 10.1. The summed E-state index contributed by atoms with van der Waals surface area (Å²) in [7, 11) is -3.61. The molecule has 0 bridgehead atoms. The van der Waals surface area contributed by atoms with Gasteiger partial charge in [0.2, 0.25) is 10.0 Å². The molecule has 1 aromatic carbocycles. The van der Waals surface area contributed by atoms with Crippen molar-refractivity contribution in [2.45, 2.75) is 50.6 Å². The molecule has 11 heteroatoms. The topological polar surface area (TPSA) is 109 Å². The van der Waals surface area contributed by atoms with E-state index in [0.717, 1.165) is 30.7 Å². The van der Waals surface area contributed by atoms with Crippen molar-refractivity contribution in [1.29, 1.82) is 0 Å². The predicted octanol–water partition coefficient (Wildman–Crippen LogP) is 2.23. The van der Waals surface area contributed by atoms with Crippen molar-refractivity contribution in [2.24, 2.45) is 0 Å². The number of ether oxygens (including phenoxy) is 2. The summed E-state index contributed by atoms with van der Waals surface area (Å²) in [5.74, 6) is 0.463. The van der Waals surface area contributed by atoms with Gasteiger partial charge in [0.05, 0.1) is 42.1 Å². The Kier molecular flexibility index (Phi) is 7.96. The lowest BCUT2D eigenvalue weighted by Crippen LogP contribution is -2.40. The second kappa shape index (κ2) is 11.1. The second-order valence-electron chi connectivity index (χ2n) is 8.19. The number of carbonyl (C=O) groups excluding carboxylic acids is 1. The molecule has 0 aliphatic carbocycles. The van der Waals surface area contributed by atoms with Gasteiger partial charge in [-0.3, -0.25) is 9.48 Å². The third kappa shape index (κ3) is 5.65. The van der Waals surface area contributed by atoms with E-state index in [4.69, 9.17) is 14.5 Å². The Morgan fingerprint density at radius 2 is 2.03 bits per heavy atom. The molecule has 1 aliphatic rings. The number of fused-ring (bicyclic) bond motifs is 1. The van der Waals surface area contributed by atoms with Crippen molar-refractivity contribution >= 4 is 27.0 Å². The highest BCUT2D eigenvalue weighted by molar-refractivity contribution is 7.89. The molecule has 0 amide bonds. The minimum atomic E-state index is -3.61. The summed E-state index contributed by atoms with van der Waals surface area (Å²) in [5.41, 5.74) is 1.49. The Labute approximate surface area is 199 Å². The van der Waals surface area contributed by atoms with Gasteiger partial charge < -0.3 is 14.0 Å². The quantitative estimate of drug-likeness (QED) is 0.380. The number of sulfonamides is 1. The van der Waals surface area contributed by atoms with Crippen LogP contribution < -0.4 is 0 Å². The summed E-state index contributed by atoms with van der Waals surface area (Å²) >= 11 is 0. The maximum atomic E-state index is 13.1. The first-order chi connectivity index (χ1) is 16.5. The molecule has 4 rings (SSSR count). The van der Waals surface area contributed by atoms with Gasteiger partial charge in [-0.05, 0) is 30.7 Å². The van der Waals surface area contributed by atoms with Gasteiger partial charge >= 0.3 is 5.97 Å². The summed E-state index contributed by atoms with van der Waals surface area (Å²) in [5, 5.41) is 4.09. The number of rotatable bonds is 11. The van der Waals surface area contributed by atoms with Gasteiger partial charge in [-0.25, -0.2) is 13.4 Å². The molecule has 10 nitrogen and oxygen atoms in total. The van der Waals surface area contributed by atoms with Crippen LogP contribution in [-0.4, -0.2) is 70.9 Å². The van der Waals surface area contributed by atoms with Crippen LogP contribution in [0.25, 0.3) is 11.0 Å². The maximum absolute atomic E-state index is 13.1. The molecule has 0 radical (unpaired) electrons. The Morgan fingerprint density at radius 1 is 1.21 bits per heavy atom. The molecule has 3 aromatic rings. The average Bonchev–Trinajstić information content (AvgIpc) is 3.49. The zero-order valence-corrected chi connectivity index (χ0v) is 20.2. The fraction of sp³-hybridized carbons (Fsp3) is 0.522. The van der Waals surface area contributed by atoms with E-state index in [0.29, 0.717) is 44.8 Å². The van der Waals surface area contributed by atoms with Crippen molar-refractivity contribution in [2.75, 3.05) is 32.9 Å². The minimum Gasteiger partial charge on any atom is -0.464 e. The van der Waals surface area contributed by atoms with Crippen molar-refractivity contribution in [3.8, 4) is 0 Å². The van der Waals surface area contributed by atoms with E-state index < -0.39 is 10.0 Å². The summed E-state index contributed by atoms with van der Waals surface area (Å²) in [4.78, 5) is 17.2. The third-order valence-corrected chi connectivity index (χ3v) is 7.73. The Morgan fingerprint density at radius 3 is 2.76 bits per heavy atom. The Hall–Kier alpha value is -2.76. The minimum absolute atomic E-state index is 0.202. The number of hydrogen-bond acceptors (Lipinski definition) is 7. The van der Waals surface area contributed by atoms with Gasteiger partial charge in [0, 0.05) is 38.4 Å². The number of esters is 1. The highest BCUT2D eigenvalue weighted by atomic mass is 32.2. The van der Waals surface area contributed by atoms with Crippen LogP contribution in [0.15, 0.2) is 41.6 Å². The Bertz CT molecular complexity index is 1200. The van der Waals surface area contributed by atoms with Crippen LogP contribution in [0.3, 0.4) is 0 Å². The number of carbonyl (C=O) groups is 1. The first-order valence-corrected chi connectivity index (χ1v) is 13.1. The van der Waals surface area contributed by atoms with Crippen LogP contribution in [0.1, 0.15) is 32.0 Å². The number of imidazole rings is 1. The lowest BCUT2D eigenvalue weighted by Gasteiger charge is -2.26. The summed E-state index contributed by atoms with van der Waals surface area (Å²) in [6, 6.07) is 6.91.